The fraction of sp³-hybridized carbons (Fsp3) is 0.364. The number of halogens is 3. The van der Waals surface area contributed by atoms with Crippen LogP contribution in [-0.2, 0) is 15.8 Å². The smallest absolute Gasteiger partial charge is 0.416 e. The van der Waals surface area contributed by atoms with E-state index in [9.17, 15) is 22.8 Å². The highest BCUT2D eigenvalue weighted by Crippen LogP contribution is 2.34. The number of piperazine rings is 1. The first kappa shape index (κ1) is 21.2. The monoisotopic (exact) mass is 433 g/mol. The predicted molar refractivity (Wildman–Crippen MR) is 109 cm³/mol. The molecule has 0 aromatic heterocycles. The molecule has 2 amide bonds. The highest BCUT2D eigenvalue weighted by molar-refractivity contribution is 6.22. The lowest BCUT2D eigenvalue weighted by Gasteiger charge is -2.38. The number of anilines is 2. The Hall–Kier alpha value is -3.07. The molecule has 31 heavy (non-hydrogen) atoms. The van der Waals surface area contributed by atoms with E-state index in [4.69, 9.17) is 4.74 Å². The number of carbonyl (C=O) groups excluding carboxylic acids is 2. The summed E-state index contributed by atoms with van der Waals surface area (Å²) in [6.07, 6.45) is -4.57. The molecule has 2 fully saturated rings. The maximum atomic E-state index is 13.0. The second-order valence-corrected chi connectivity index (χ2v) is 7.56. The minimum Gasteiger partial charge on any atom is -0.497 e. The minimum atomic E-state index is -4.54. The van der Waals surface area contributed by atoms with Crippen LogP contribution >= 0.6 is 0 Å². The van der Waals surface area contributed by atoms with Crippen LogP contribution in [-0.4, -0.2) is 56.0 Å². The van der Waals surface area contributed by atoms with Crippen molar-refractivity contribution in [2.24, 2.45) is 0 Å². The third-order valence-electron chi connectivity index (χ3n) is 5.75. The predicted octanol–water partition coefficient (Wildman–Crippen LogP) is 3.17. The van der Waals surface area contributed by atoms with Crippen molar-refractivity contribution in [2.45, 2.75) is 18.6 Å². The van der Waals surface area contributed by atoms with E-state index in [0.717, 1.165) is 28.5 Å². The Kier molecular flexibility index (Phi) is 5.62. The van der Waals surface area contributed by atoms with E-state index in [-0.39, 0.29) is 12.1 Å². The SMILES string of the molecule is COc1ccc(N2CCN([C@H]3CC(=O)N(c4cccc(C(F)(F)F)c4)C3=O)CC2)cc1. The van der Waals surface area contributed by atoms with Gasteiger partial charge in [-0.1, -0.05) is 6.07 Å². The number of imide groups is 1. The molecule has 0 N–H and O–H groups in total. The Morgan fingerprint density at radius 2 is 1.61 bits per heavy atom. The number of carbonyl (C=O) groups is 2. The van der Waals surface area contributed by atoms with Gasteiger partial charge < -0.3 is 9.64 Å². The van der Waals surface area contributed by atoms with Crippen molar-refractivity contribution in [3.63, 3.8) is 0 Å². The first-order valence-electron chi connectivity index (χ1n) is 9.95. The number of nitrogens with zero attached hydrogens (tertiary/aromatic N) is 3. The number of alkyl halides is 3. The van der Waals surface area contributed by atoms with Crippen molar-refractivity contribution in [2.75, 3.05) is 43.1 Å². The normalized spacial score (nSPS) is 20.5. The lowest BCUT2D eigenvalue weighted by atomic mass is 10.1. The third kappa shape index (κ3) is 4.23. The highest BCUT2D eigenvalue weighted by atomic mass is 19.4. The summed E-state index contributed by atoms with van der Waals surface area (Å²) in [7, 11) is 1.61. The molecule has 4 rings (SSSR count). The second-order valence-electron chi connectivity index (χ2n) is 7.56. The topological polar surface area (TPSA) is 53.1 Å². The van der Waals surface area contributed by atoms with Crippen LogP contribution in [0, 0.1) is 0 Å². The third-order valence-corrected chi connectivity index (χ3v) is 5.75. The Bertz CT molecular complexity index is 970. The first-order chi connectivity index (χ1) is 14.8. The van der Waals surface area contributed by atoms with E-state index in [1.54, 1.807) is 7.11 Å². The maximum Gasteiger partial charge on any atom is 0.416 e. The molecule has 2 aliphatic rings. The van der Waals surface area contributed by atoms with Gasteiger partial charge in [-0.15, -0.1) is 0 Å². The van der Waals surface area contributed by atoms with Crippen molar-refractivity contribution in [3.8, 4) is 5.75 Å². The Morgan fingerprint density at radius 3 is 2.23 bits per heavy atom. The first-order valence-corrected chi connectivity index (χ1v) is 9.95. The van der Waals surface area contributed by atoms with Crippen LogP contribution in [0.1, 0.15) is 12.0 Å². The van der Waals surface area contributed by atoms with Crippen LogP contribution in [0.4, 0.5) is 24.5 Å². The van der Waals surface area contributed by atoms with Crippen molar-refractivity contribution in [1.82, 2.24) is 4.90 Å². The van der Waals surface area contributed by atoms with Crippen molar-refractivity contribution in [1.29, 1.82) is 0 Å². The summed E-state index contributed by atoms with van der Waals surface area (Å²) in [6.45, 7) is 2.50. The van der Waals surface area contributed by atoms with Gasteiger partial charge in [0.15, 0.2) is 0 Å². The molecular weight excluding hydrogens is 411 g/mol. The minimum absolute atomic E-state index is 0.0301. The summed E-state index contributed by atoms with van der Waals surface area (Å²) in [5.74, 6) is -0.179. The van der Waals surface area contributed by atoms with Crippen LogP contribution in [0.5, 0.6) is 5.75 Å². The van der Waals surface area contributed by atoms with Gasteiger partial charge >= 0.3 is 6.18 Å². The number of amides is 2. The highest BCUT2D eigenvalue weighted by Gasteiger charge is 2.44. The van der Waals surface area contributed by atoms with Crippen molar-refractivity contribution >= 4 is 23.2 Å². The van der Waals surface area contributed by atoms with Crippen LogP contribution in [0.15, 0.2) is 48.5 Å². The van der Waals surface area contributed by atoms with Crippen LogP contribution < -0.4 is 14.5 Å². The summed E-state index contributed by atoms with van der Waals surface area (Å²) in [5.41, 5.74) is 0.117. The summed E-state index contributed by atoms with van der Waals surface area (Å²) in [4.78, 5) is 30.5. The van der Waals surface area contributed by atoms with Crippen LogP contribution in [0.2, 0.25) is 0 Å². The molecule has 9 heteroatoms. The summed E-state index contributed by atoms with van der Waals surface area (Å²) < 4.78 is 44.3. The number of methoxy groups -OCH3 is 1. The molecule has 0 radical (unpaired) electrons. The zero-order valence-corrected chi connectivity index (χ0v) is 16.9. The van der Waals surface area contributed by atoms with Gasteiger partial charge in [-0.05, 0) is 42.5 Å². The van der Waals surface area contributed by atoms with Crippen LogP contribution in [0.3, 0.4) is 0 Å². The Balaban J connectivity index is 1.44. The molecular formula is C22H22F3N3O3. The molecule has 0 spiro atoms. The van der Waals surface area contributed by atoms with E-state index in [0.29, 0.717) is 26.2 Å². The molecule has 164 valence electrons. The fourth-order valence-electron chi connectivity index (χ4n) is 4.08. The molecule has 2 aliphatic heterocycles. The van der Waals surface area contributed by atoms with E-state index in [1.165, 1.54) is 12.1 Å². The van der Waals surface area contributed by atoms with E-state index in [2.05, 4.69) is 4.90 Å². The largest absolute Gasteiger partial charge is 0.497 e. The summed E-state index contributed by atoms with van der Waals surface area (Å²) >= 11 is 0. The van der Waals surface area contributed by atoms with Crippen molar-refractivity contribution < 1.29 is 27.5 Å². The van der Waals surface area contributed by atoms with Gasteiger partial charge in [0.05, 0.1) is 30.8 Å². The fourth-order valence-corrected chi connectivity index (χ4v) is 4.08. The van der Waals surface area contributed by atoms with Gasteiger partial charge in [-0.25, -0.2) is 4.90 Å². The standard InChI is InChI=1S/C22H22F3N3O3/c1-31-18-7-5-16(6-8-18)26-9-11-27(12-10-26)19-14-20(29)28(21(19)30)17-4-2-3-15(13-17)22(23,24)25/h2-8,13,19H,9-12,14H2,1H3/t19-/m0/s1. The van der Waals surface area contributed by atoms with Gasteiger partial charge in [-0.2, -0.15) is 13.2 Å². The molecule has 2 heterocycles. The van der Waals surface area contributed by atoms with E-state index < -0.39 is 29.6 Å². The number of benzene rings is 2. The quantitative estimate of drug-likeness (QED) is 0.694. The maximum absolute atomic E-state index is 13.0. The zero-order chi connectivity index (χ0) is 22.2. The molecule has 0 aliphatic carbocycles. The molecule has 2 aromatic carbocycles. The molecule has 0 saturated carbocycles. The Morgan fingerprint density at radius 1 is 0.935 bits per heavy atom. The zero-order valence-electron chi connectivity index (χ0n) is 16.9. The Labute approximate surface area is 177 Å². The summed E-state index contributed by atoms with van der Waals surface area (Å²) in [6, 6.07) is 11.4. The molecule has 2 aromatic rings. The molecule has 1 atom stereocenters. The number of hydrogen-bond acceptors (Lipinski definition) is 5. The van der Waals surface area contributed by atoms with Gasteiger partial charge in [0.1, 0.15) is 5.75 Å². The number of rotatable bonds is 4. The average Bonchev–Trinajstić information content (AvgIpc) is 3.07. The number of ether oxygens (including phenoxy) is 1. The number of hydrogen-bond donors (Lipinski definition) is 0. The molecule has 6 nitrogen and oxygen atoms in total. The molecule has 2 saturated heterocycles. The van der Waals surface area contributed by atoms with Gasteiger partial charge in [0.25, 0.3) is 5.91 Å². The van der Waals surface area contributed by atoms with Gasteiger partial charge in [0.2, 0.25) is 5.91 Å². The lowest BCUT2D eigenvalue weighted by Crippen LogP contribution is -2.52. The summed E-state index contributed by atoms with van der Waals surface area (Å²) in [5, 5.41) is 0. The van der Waals surface area contributed by atoms with Gasteiger partial charge in [0, 0.05) is 31.9 Å². The van der Waals surface area contributed by atoms with E-state index >= 15 is 0 Å². The average molecular weight is 433 g/mol. The molecule has 0 bridgehead atoms. The molecule has 0 unspecified atom stereocenters. The lowest BCUT2D eigenvalue weighted by molar-refractivity contribution is -0.137. The van der Waals surface area contributed by atoms with Gasteiger partial charge in [-0.3, -0.25) is 14.5 Å². The second kappa shape index (κ2) is 8.22. The van der Waals surface area contributed by atoms with E-state index in [1.807, 2.05) is 29.2 Å². The van der Waals surface area contributed by atoms with Crippen LogP contribution in [0.25, 0.3) is 0 Å². The van der Waals surface area contributed by atoms with Crippen molar-refractivity contribution in [3.05, 3.63) is 54.1 Å².